The van der Waals surface area contributed by atoms with Gasteiger partial charge in [-0.1, -0.05) is 0 Å². The van der Waals surface area contributed by atoms with E-state index in [2.05, 4.69) is 6.07 Å². The first-order chi connectivity index (χ1) is 7.19. The molecule has 1 aromatic rings. The largest absolute Gasteiger partial charge is 0.398 e. The van der Waals surface area contributed by atoms with E-state index >= 15 is 0 Å². The van der Waals surface area contributed by atoms with Crippen LogP contribution in [0.2, 0.25) is 0 Å². The molecule has 0 aliphatic rings. The van der Waals surface area contributed by atoms with Crippen LogP contribution in [-0.2, 0) is 6.42 Å². The van der Waals surface area contributed by atoms with E-state index in [0.29, 0.717) is 18.7 Å². The molecule has 0 aromatic heterocycles. The molecule has 4 nitrogen and oxygen atoms in total. The molecule has 0 radical (unpaired) electrons. The third-order valence-corrected chi connectivity index (χ3v) is 2.27. The Bertz CT molecular complexity index is 371. The molecule has 0 aliphatic carbocycles. The number of likely N-dealkylation sites (N-methyl/N-ethyl adjacent to an activating group) is 1. The Kier molecular flexibility index (Phi) is 3.95. The lowest BCUT2D eigenvalue weighted by Gasteiger charge is -2.19. The number of nitrogens with zero attached hydrogens (tertiary/aromatic N) is 2. The maximum absolute atomic E-state index is 8.81. The number of rotatable bonds is 4. The summed E-state index contributed by atoms with van der Waals surface area (Å²) in [6, 6.07) is 7.63. The first-order valence-corrected chi connectivity index (χ1v) is 4.76. The summed E-state index contributed by atoms with van der Waals surface area (Å²) in [5, 5.41) is 17.4. The second kappa shape index (κ2) is 5.23. The SMILES string of the molecule is CN(CCO)c1ccc(N)c(CC#N)c1. The highest BCUT2D eigenvalue weighted by Gasteiger charge is 2.04. The Morgan fingerprint density at radius 2 is 2.27 bits per heavy atom. The summed E-state index contributed by atoms with van der Waals surface area (Å²) in [7, 11) is 1.89. The molecule has 0 spiro atoms. The topological polar surface area (TPSA) is 73.3 Å². The Balaban J connectivity index is 2.92. The van der Waals surface area contributed by atoms with Crippen LogP contribution in [0.25, 0.3) is 0 Å². The van der Waals surface area contributed by atoms with Gasteiger partial charge in [0.2, 0.25) is 0 Å². The second-order valence-electron chi connectivity index (χ2n) is 3.36. The minimum Gasteiger partial charge on any atom is -0.398 e. The first-order valence-electron chi connectivity index (χ1n) is 4.76. The maximum Gasteiger partial charge on any atom is 0.0670 e. The van der Waals surface area contributed by atoms with E-state index in [4.69, 9.17) is 16.1 Å². The Hall–Kier alpha value is -1.73. The Morgan fingerprint density at radius 1 is 1.53 bits per heavy atom. The van der Waals surface area contributed by atoms with Gasteiger partial charge in [0, 0.05) is 25.0 Å². The summed E-state index contributed by atoms with van der Waals surface area (Å²) in [5.41, 5.74) is 8.16. The molecule has 1 aromatic carbocycles. The summed E-state index contributed by atoms with van der Waals surface area (Å²) in [4.78, 5) is 1.92. The fraction of sp³-hybridized carbons (Fsp3) is 0.364. The zero-order chi connectivity index (χ0) is 11.3. The molecule has 0 aliphatic heterocycles. The summed E-state index contributed by atoms with van der Waals surface area (Å²) in [6.45, 7) is 0.671. The first kappa shape index (κ1) is 11.3. The lowest BCUT2D eigenvalue weighted by Crippen LogP contribution is -2.21. The van der Waals surface area contributed by atoms with Gasteiger partial charge in [-0.15, -0.1) is 0 Å². The molecule has 1 rings (SSSR count). The fourth-order valence-electron chi connectivity index (χ4n) is 1.35. The quantitative estimate of drug-likeness (QED) is 0.712. The van der Waals surface area contributed by atoms with Gasteiger partial charge in [0.1, 0.15) is 0 Å². The molecule has 0 amide bonds. The summed E-state index contributed by atoms with van der Waals surface area (Å²) in [6.07, 6.45) is 0.312. The van der Waals surface area contributed by atoms with Gasteiger partial charge in [-0.3, -0.25) is 0 Å². The van der Waals surface area contributed by atoms with Crippen molar-refractivity contribution in [2.24, 2.45) is 0 Å². The minimum absolute atomic E-state index is 0.106. The number of anilines is 2. The van der Waals surface area contributed by atoms with E-state index < -0.39 is 0 Å². The summed E-state index contributed by atoms with van der Waals surface area (Å²) >= 11 is 0. The second-order valence-corrected chi connectivity index (χ2v) is 3.36. The van der Waals surface area contributed by atoms with Gasteiger partial charge in [-0.05, 0) is 23.8 Å². The van der Waals surface area contributed by atoms with Crippen LogP contribution in [0.5, 0.6) is 0 Å². The van der Waals surface area contributed by atoms with Crippen LogP contribution >= 0.6 is 0 Å². The van der Waals surface area contributed by atoms with Crippen LogP contribution in [0.1, 0.15) is 5.56 Å². The molecule has 0 atom stereocenters. The van der Waals surface area contributed by atoms with Crippen molar-refractivity contribution < 1.29 is 5.11 Å². The van der Waals surface area contributed by atoms with Crippen LogP contribution in [0, 0.1) is 11.3 Å². The van der Waals surface area contributed by atoms with Crippen LogP contribution in [0.15, 0.2) is 18.2 Å². The van der Waals surface area contributed by atoms with Gasteiger partial charge >= 0.3 is 0 Å². The van der Waals surface area contributed by atoms with Crippen molar-refractivity contribution >= 4 is 11.4 Å². The third-order valence-electron chi connectivity index (χ3n) is 2.27. The number of benzene rings is 1. The molecule has 80 valence electrons. The number of aliphatic hydroxyl groups is 1. The third kappa shape index (κ3) is 2.86. The smallest absolute Gasteiger partial charge is 0.0670 e. The summed E-state index contributed by atoms with van der Waals surface area (Å²) < 4.78 is 0. The van der Waals surface area contributed by atoms with Gasteiger partial charge in [-0.25, -0.2) is 0 Å². The number of nitrogen functional groups attached to an aromatic ring is 1. The molecule has 0 saturated heterocycles. The molecule has 0 fully saturated rings. The average Bonchev–Trinajstić information content (AvgIpc) is 2.22. The number of aliphatic hydroxyl groups excluding tert-OH is 1. The van der Waals surface area contributed by atoms with Gasteiger partial charge in [-0.2, -0.15) is 5.26 Å². The standard InChI is InChI=1S/C11H15N3O/c1-14(6-7-15)10-2-3-11(13)9(8-10)4-5-12/h2-3,8,15H,4,6-7,13H2,1H3. The summed E-state index contributed by atoms with van der Waals surface area (Å²) in [5.74, 6) is 0. The van der Waals surface area contributed by atoms with Crippen molar-refractivity contribution in [1.29, 1.82) is 5.26 Å². The molecule has 0 heterocycles. The Morgan fingerprint density at radius 3 is 2.87 bits per heavy atom. The average molecular weight is 205 g/mol. The highest BCUT2D eigenvalue weighted by molar-refractivity contribution is 5.58. The monoisotopic (exact) mass is 205 g/mol. The van der Waals surface area contributed by atoms with Gasteiger partial charge < -0.3 is 15.7 Å². The molecular weight excluding hydrogens is 190 g/mol. The van der Waals surface area contributed by atoms with Crippen molar-refractivity contribution in [2.75, 3.05) is 30.8 Å². The Labute approximate surface area is 89.5 Å². The molecule has 3 N–H and O–H groups in total. The highest BCUT2D eigenvalue weighted by atomic mass is 16.3. The minimum atomic E-state index is 0.106. The van der Waals surface area contributed by atoms with Crippen molar-refractivity contribution in [3.63, 3.8) is 0 Å². The maximum atomic E-state index is 8.81. The molecule has 0 unspecified atom stereocenters. The zero-order valence-electron chi connectivity index (χ0n) is 8.77. The van der Waals surface area contributed by atoms with E-state index in [-0.39, 0.29) is 6.61 Å². The van der Waals surface area contributed by atoms with Gasteiger partial charge in [0.05, 0.1) is 19.1 Å². The normalized spacial score (nSPS) is 9.67. The fourth-order valence-corrected chi connectivity index (χ4v) is 1.35. The molecule has 0 saturated carbocycles. The number of hydrogen-bond acceptors (Lipinski definition) is 4. The van der Waals surface area contributed by atoms with E-state index in [0.717, 1.165) is 11.3 Å². The lowest BCUT2D eigenvalue weighted by molar-refractivity contribution is 0.304. The molecule has 0 bridgehead atoms. The van der Waals surface area contributed by atoms with Gasteiger partial charge in [0.15, 0.2) is 0 Å². The lowest BCUT2D eigenvalue weighted by atomic mass is 10.1. The van der Waals surface area contributed by atoms with Crippen molar-refractivity contribution in [3.8, 4) is 6.07 Å². The van der Waals surface area contributed by atoms with Gasteiger partial charge in [0.25, 0.3) is 0 Å². The molecular formula is C11H15N3O. The van der Waals surface area contributed by atoms with Crippen molar-refractivity contribution in [1.82, 2.24) is 0 Å². The van der Waals surface area contributed by atoms with E-state index in [1.54, 1.807) is 6.07 Å². The van der Waals surface area contributed by atoms with Crippen LogP contribution < -0.4 is 10.6 Å². The number of nitrogens with two attached hydrogens (primary N) is 1. The molecule has 15 heavy (non-hydrogen) atoms. The van der Waals surface area contributed by atoms with Crippen LogP contribution in [-0.4, -0.2) is 25.3 Å². The number of nitriles is 1. The number of hydrogen-bond donors (Lipinski definition) is 2. The van der Waals surface area contributed by atoms with Crippen LogP contribution in [0.4, 0.5) is 11.4 Å². The van der Waals surface area contributed by atoms with E-state index in [9.17, 15) is 0 Å². The van der Waals surface area contributed by atoms with Crippen molar-refractivity contribution in [3.05, 3.63) is 23.8 Å². The predicted octanol–water partition coefficient (Wildman–Crippen LogP) is 0.763. The highest BCUT2D eigenvalue weighted by Crippen LogP contribution is 2.20. The zero-order valence-corrected chi connectivity index (χ0v) is 8.77. The van der Waals surface area contributed by atoms with E-state index in [1.165, 1.54) is 0 Å². The van der Waals surface area contributed by atoms with E-state index in [1.807, 2.05) is 24.1 Å². The predicted molar refractivity (Wildman–Crippen MR) is 60.5 cm³/mol. The van der Waals surface area contributed by atoms with Crippen molar-refractivity contribution in [2.45, 2.75) is 6.42 Å². The molecule has 4 heteroatoms. The van der Waals surface area contributed by atoms with Crippen LogP contribution in [0.3, 0.4) is 0 Å².